The fourth-order valence-corrected chi connectivity index (χ4v) is 3.16. The van der Waals surface area contributed by atoms with Gasteiger partial charge < -0.3 is 11.1 Å². The molecule has 134 valence electrons. The van der Waals surface area contributed by atoms with Gasteiger partial charge >= 0.3 is 0 Å². The molecule has 0 radical (unpaired) electrons. The molecule has 0 aliphatic rings. The van der Waals surface area contributed by atoms with Crippen molar-refractivity contribution in [3.05, 3.63) is 71.3 Å². The highest BCUT2D eigenvalue weighted by atomic mass is 15.1. The van der Waals surface area contributed by atoms with Crippen molar-refractivity contribution in [3.8, 4) is 11.3 Å². The molecule has 0 amide bonds. The average molecular weight is 346 g/mol. The predicted molar refractivity (Wildman–Crippen MR) is 109 cm³/mol. The summed E-state index contributed by atoms with van der Waals surface area (Å²) in [5.74, 6) is 1.06. The number of anilines is 2. The average Bonchev–Trinajstić information content (AvgIpc) is 2.59. The summed E-state index contributed by atoms with van der Waals surface area (Å²) >= 11 is 0. The van der Waals surface area contributed by atoms with Crippen LogP contribution in [0, 0.1) is 13.8 Å². The molecule has 0 aliphatic heterocycles. The molecule has 3 rings (SSSR count). The molecule has 1 atom stereocenters. The van der Waals surface area contributed by atoms with Crippen LogP contribution >= 0.6 is 0 Å². The molecule has 0 spiro atoms. The Bertz CT molecular complexity index is 854. The maximum absolute atomic E-state index is 5.95. The van der Waals surface area contributed by atoms with E-state index in [4.69, 9.17) is 5.73 Å². The second kappa shape index (κ2) is 8.00. The van der Waals surface area contributed by atoms with Crippen LogP contribution in [-0.4, -0.2) is 16.0 Å². The third kappa shape index (κ3) is 4.82. The van der Waals surface area contributed by atoms with Gasteiger partial charge in [0, 0.05) is 17.7 Å². The van der Waals surface area contributed by atoms with Gasteiger partial charge in [-0.1, -0.05) is 47.5 Å². The van der Waals surface area contributed by atoms with Gasteiger partial charge in [0.2, 0.25) is 5.95 Å². The first-order chi connectivity index (χ1) is 12.5. The maximum atomic E-state index is 5.95. The number of hydrogen-bond acceptors (Lipinski definition) is 4. The van der Waals surface area contributed by atoms with Crippen LogP contribution in [0.2, 0.25) is 0 Å². The van der Waals surface area contributed by atoms with Crippen LogP contribution < -0.4 is 11.1 Å². The van der Waals surface area contributed by atoms with E-state index < -0.39 is 0 Å². The molecule has 4 heteroatoms. The Balaban J connectivity index is 1.73. The molecule has 1 aromatic heterocycles. The van der Waals surface area contributed by atoms with Crippen molar-refractivity contribution in [2.24, 2.45) is 0 Å². The first kappa shape index (κ1) is 17.9. The van der Waals surface area contributed by atoms with Gasteiger partial charge in [-0.05, 0) is 51.3 Å². The monoisotopic (exact) mass is 346 g/mol. The maximum Gasteiger partial charge on any atom is 0.222 e. The lowest BCUT2D eigenvalue weighted by Crippen LogP contribution is -2.17. The third-order valence-corrected chi connectivity index (χ3v) is 4.36. The number of aryl methyl sites for hydroxylation is 3. The van der Waals surface area contributed by atoms with E-state index in [1.807, 2.05) is 12.1 Å². The summed E-state index contributed by atoms with van der Waals surface area (Å²) < 4.78 is 0. The van der Waals surface area contributed by atoms with E-state index in [-0.39, 0.29) is 6.04 Å². The summed E-state index contributed by atoms with van der Waals surface area (Å²) in [6, 6.07) is 19.2. The first-order valence-electron chi connectivity index (χ1n) is 9.03. The van der Waals surface area contributed by atoms with Gasteiger partial charge in [-0.3, -0.25) is 0 Å². The Hall–Kier alpha value is -2.88. The van der Waals surface area contributed by atoms with Gasteiger partial charge in [-0.2, -0.15) is 4.98 Å². The molecule has 0 fully saturated rings. The summed E-state index contributed by atoms with van der Waals surface area (Å²) in [5.41, 5.74) is 11.6. The number of nitrogens with two attached hydrogens (primary N) is 1. The van der Waals surface area contributed by atoms with Crippen LogP contribution in [0.4, 0.5) is 11.8 Å². The molecule has 1 heterocycles. The van der Waals surface area contributed by atoms with E-state index in [1.165, 1.54) is 16.7 Å². The molecule has 1 unspecified atom stereocenters. The summed E-state index contributed by atoms with van der Waals surface area (Å²) in [6.07, 6.45) is 2.05. The lowest BCUT2D eigenvalue weighted by molar-refractivity contribution is 0.703. The number of aromatic nitrogens is 2. The molecule has 3 N–H and O–H groups in total. The zero-order valence-corrected chi connectivity index (χ0v) is 15.7. The van der Waals surface area contributed by atoms with E-state index in [1.54, 1.807) is 0 Å². The van der Waals surface area contributed by atoms with Gasteiger partial charge in [-0.15, -0.1) is 0 Å². The largest absolute Gasteiger partial charge is 0.368 e. The summed E-state index contributed by atoms with van der Waals surface area (Å²) in [7, 11) is 0. The molecule has 26 heavy (non-hydrogen) atoms. The van der Waals surface area contributed by atoms with E-state index in [9.17, 15) is 0 Å². The number of hydrogen-bond donors (Lipinski definition) is 2. The second-order valence-electron chi connectivity index (χ2n) is 6.94. The Kier molecular flexibility index (Phi) is 5.52. The standard InChI is InChI=1S/C22H26N4/c1-15-11-16(2)13-19(12-15)20-14-21(26-22(23)25-20)24-17(3)9-10-18-7-5-4-6-8-18/h4-8,11-14,17H,9-10H2,1-3H3,(H3,23,24,25,26). The lowest BCUT2D eigenvalue weighted by Gasteiger charge is -2.16. The summed E-state index contributed by atoms with van der Waals surface area (Å²) in [4.78, 5) is 8.77. The van der Waals surface area contributed by atoms with E-state index >= 15 is 0 Å². The topological polar surface area (TPSA) is 63.8 Å². The molecule has 0 bridgehead atoms. The third-order valence-electron chi connectivity index (χ3n) is 4.36. The fraction of sp³-hybridized carbons (Fsp3) is 0.273. The number of nitrogens with one attached hydrogen (secondary N) is 1. The second-order valence-corrected chi connectivity index (χ2v) is 6.94. The van der Waals surface area contributed by atoms with Crippen molar-refractivity contribution in [1.29, 1.82) is 0 Å². The van der Waals surface area contributed by atoms with Crippen LogP contribution in [0.25, 0.3) is 11.3 Å². The number of benzene rings is 2. The lowest BCUT2D eigenvalue weighted by atomic mass is 10.0. The molecular weight excluding hydrogens is 320 g/mol. The zero-order chi connectivity index (χ0) is 18.5. The highest BCUT2D eigenvalue weighted by molar-refractivity contribution is 5.65. The Morgan fingerprint density at radius 3 is 2.35 bits per heavy atom. The van der Waals surface area contributed by atoms with Gasteiger partial charge in [-0.25, -0.2) is 4.98 Å². The van der Waals surface area contributed by atoms with Crippen LogP contribution in [0.5, 0.6) is 0 Å². The van der Waals surface area contributed by atoms with Crippen LogP contribution in [0.1, 0.15) is 30.0 Å². The number of nitrogen functional groups attached to an aromatic ring is 1. The van der Waals surface area contributed by atoms with E-state index in [0.29, 0.717) is 5.95 Å². The highest BCUT2D eigenvalue weighted by Crippen LogP contribution is 2.23. The van der Waals surface area contributed by atoms with Crippen molar-refractivity contribution < 1.29 is 0 Å². The van der Waals surface area contributed by atoms with Crippen molar-refractivity contribution in [2.75, 3.05) is 11.1 Å². The van der Waals surface area contributed by atoms with Crippen LogP contribution in [-0.2, 0) is 6.42 Å². The predicted octanol–water partition coefficient (Wildman–Crippen LogP) is 4.78. The molecule has 2 aromatic carbocycles. The normalized spacial score (nSPS) is 12.0. The fourth-order valence-electron chi connectivity index (χ4n) is 3.16. The Labute approximate surface area is 155 Å². The quantitative estimate of drug-likeness (QED) is 0.674. The van der Waals surface area contributed by atoms with Gasteiger partial charge in [0.05, 0.1) is 5.69 Å². The zero-order valence-electron chi connectivity index (χ0n) is 15.7. The van der Waals surface area contributed by atoms with Crippen molar-refractivity contribution >= 4 is 11.8 Å². The molecule has 0 aliphatic carbocycles. The highest BCUT2D eigenvalue weighted by Gasteiger charge is 2.09. The summed E-state index contributed by atoms with van der Waals surface area (Å²) in [6.45, 7) is 6.34. The molecular formula is C22H26N4. The van der Waals surface area contributed by atoms with E-state index in [2.05, 4.69) is 78.5 Å². The SMILES string of the molecule is Cc1cc(C)cc(-c2cc(NC(C)CCc3ccccc3)nc(N)n2)c1. The molecule has 0 saturated heterocycles. The van der Waals surface area contributed by atoms with Crippen molar-refractivity contribution in [3.63, 3.8) is 0 Å². The van der Waals surface area contributed by atoms with Gasteiger partial charge in [0.15, 0.2) is 0 Å². The smallest absolute Gasteiger partial charge is 0.222 e. The minimum atomic E-state index is 0.289. The van der Waals surface area contributed by atoms with E-state index in [0.717, 1.165) is 29.9 Å². The van der Waals surface area contributed by atoms with Crippen LogP contribution in [0.15, 0.2) is 54.6 Å². The van der Waals surface area contributed by atoms with Crippen LogP contribution in [0.3, 0.4) is 0 Å². The molecule has 0 saturated carbocycles. The van der Waals surface area contributed by atoms with Crippen molar-refractivity contribution in [2.45, 2.75) is 39.7 Å². The Morgan fingerprint density at radius 1 is 0.962 bits per heavy atom. The van der Waals surface area contributed by atoms with Crippen molar-refractivity contribution in [1.82, 2.24) is 9.97 Å². The minimum absolute atomic E-state index is 0.289. The molecule has 4 nitrogen and oxygen atoms in total. The van der Waals surface area contributed by atoms with Gasteiger partial charge in [0.25, 0.3) is 0 Å². The Morgan fingerprint density at radius 2 is 1.65 bits per heavy atom. The molecule has 3 aromatic rings. The summed E-state index contributed by atoms with van der Waals surface area (Å²) in [5, 5.41) is 3.46. The minimum Gasteiger partial charge on any atom is -0.368 e. The number of rotatable bonds is 6. The number of nitrogens with zero attached hydrogens (tertiary/aromatic N) is 2. The first-order valence-corrected chi connectivity index (χ1v) is 9.03. The van der Waals surface area contributed by atoms with Gasteiger partial charge in [0.1, 0.15) is 5.82 Å².